The molecule has 0 saturated heterocycles. The summed E-state index contributed by atoms with van der Waals surface area (Å²) >= 11 is 0. The second kappa shape index (κ2) is 9.65. The molecule has 0 amide bonds. The maximum Gasteiger partial charge on any atom is 0.119 e. The number of benzene rings is 2. The van der Waals surface area contributed by atoms with Crippen molar-refractivity contribution < 1.29 is 9.47 Å². The molecule has 0 bridgehead atoms. The van der Waals surface area contributed by atoms with Gasteiger partial charge in [-0.2, -0.15) is 0 Å². The molecule has 1 N–H and O–H groups in total. The minimum absolute atomic E-state index is 0.885. The maximum absolute atomic E-state index is 5.47. The molecule has 0 radical (unpaired) electrons. The van der Waals surface area contributed by atoms with Gasteiger partial charge < -0.3 is 19.4 Å². The maximum atomic E-state index is 5.47. The first-order chi connectivity index (χ1) is 13.7. The van der Waals surface area contributed by atoms with Crippen LogP contribution in [0.5, 0.6) is 11.5 Å². The third-order valence-electron chi connectivity index (χ3n) is 5.45. The van der Waals surface area contributed by atoms with Crippen LogP contribution in [0, 0.1) is 6.92 Å². The number of fused-ring (bicyclic) bond motifs is 1. The quantitative estimate of drug-likeness (QED) is 0.477. The highest BCUT2D eigenvalue weighted by molar-refractivity contribution is 5.92. The Morgan fingerprint density at radius 3 is 2.21 bits per heavy atom. The Morgan fingerprint density at radius 2 is 1.54 bits per heavy atom. The Bertz CT molecular complexity index is 897. The molecule has 3 aromatic rings. The number of aromatic nitrogens is 1. The molecule has 4 nitrogen and oxygen atoms in total. The summed E-state index contributed by atoms with van der Waals surface area (Å²) < 4.78 is 13.3. The molecule has 0 aliphatic rings. The van der Waals surface area contributed by atoms with Crippen molar-refractivity contribution in [2.45, 2.75) is 39.2 Å². The highest BCUT2D eigenvalue weighted by Gasteiger charge is 2.16. The number of methoxy groups -OCH3 is 2. The van der Waals surface area contributed by atoms with Crippen molar-refractivity contribution in [3.8, 4) is 22.8 Å². The van der Waals surface area contributed by atoms with E-state index < -0.39 is 0 Å². The minimum atomic E-state index is 0.885. The van der Waals surface area contributed by atoms with Crippen molar-refractivity contribution in [3.63, 3.8) is 0 Å². The predicted octanol–water partition coefficient (Wildman–Crippen LogP) is 5.41. The van der Waals surface area contributed by atoms with Crippen LogP contribution in [0.2, 0.25) is 0 Å². The van der Waals surface area contributed by atoms with Gasteiger partial charge >= 0.3 is 0 Å². The predicted molar refractivity (Wildman–Crippen MR) is 118 cm³/mol. The van der Waals surface area contributed by atoms with Gasteiger partial charge in [0.05, 0.1) is 19.9 Å². The molecule has 0 atom stereocenters. The fourth-order valence-electron chi connectivity index (χ4n) is 3.91. The summed E-state index contributed by atoms with van der Waals surface area (Å²) in [5, 5.41) is 4.49. The number of nitrogens with zero attached hydrogens (tertiary/aromatic N) is 1. The lowest BCUT2D eigenvalue weighted by Gasteiger charge is -2.13. The molecule has 0 aliphatic heterocycles. The van der Waals surface area contributed by atoms with Gasteiger partial charge in [-0.05, 0) is 86.9 Å². The molecular weight excluding hydrogens is 348 g/mol. The van der Waals surface area contributed by atoms with Crippen LogP contribution < -0.4 is 14.8 Å². The van der Waals surface area contributed by atoms with Crippen LogP contribution in [-0.2, 0) is 6.54 Å². The molecule has 1 aromatic heterocycles. The SMILES string of the molecule is CNCCCCCCn1c(-c2ccc(OC)cc2)c(C)c2cc(OC)ccc21. The van der Waals surface area contributed by atoms with Gasteiger partial charge in [0.25, 0.3) is 0 Å². The van der Waals surface area contributed by atoms with E-state index in [0.717, 1.165) is 24.6 Å². The molecule has 1 heterocycles. The van der Waals surface area contributed by atoms with Crippen molar-refractivity contribution in [3.05, 3.63) is 48.0 Å². The van der Waals surface area contributed by atoms with Gasteiger partial charge in [-0.1, -0.05) is 12.8 Å². The number of rotatable bonds is 10. The largest absolute Gasteiger partial charge is 0.497 e. The van der Waals surface area contributed by atoms with Crippen LogP contribution in [0.3, 0.4) is 0 Å². The van der Waals surface area contributed by atoms with E-state index in [2.05, 4.69) is 47.1 Å². The Morgan fingerprint density at radius 1 is 0.857 bits per heavy atom. The van der Waals surface area contributed by atoms with E-state index >= 15 is 0 Å². The van der Waals surface area contributed by atoms with E-state index in [9.17, 15) is 0 Å². The van der Waals surface area contributed by atoms with Gasteiger partial charge in [-0.3, -0.25) is 0 Å². The van der Waals surface area contributed by atoms with Crippen LogP contribution in [0.1, 0.15) is 31.2 Å². The summed E-state index contributed by atoms with van der Waals surface area (Å²) in [6.45, 7) is 4.34. The molecule has 2 aromatic carbocycles. The molecular formula is C24H32N2O2. The average Bonchev–Trinajstić information content (AvgIpc) is 3.01. The van der Waals surface area contributed by atoms with E-state index in [-0.39, 0.29) is 0 Å². The summed E-state index contributed by atoms with van der Waals surface area (Å²) in [6.07, 6.45) is 4.94. The fraction of sp³-hybridized carbons (Fsp3) is 0.417. The molecule has 150 valence electrons. The number of ether oxygens (including phenoxy) is 2. The molecule has 0 unspecified atom stereocenters. The van der Waals surface area contributed by atoms with Crippen molar-refractivity contribution >= 4 is 10.9 Å². The van der Waals surface area contributed by atoms with Crippen molar-refractivity contribution in [1.82, 2.24) is 9.88 Å². The molecule has 0 aliphatic carbocycles. The van der Waals surface area contributed by atoms with Gasteiger partial charge in [0, 0.05) is 17.4 Å². The second-order valence-electron chi connectivity index (χ2n) is 7.25. The van der Waals surface area contributed by atoms with Crippen LogP contribution in [0.4, 0.5) is 0 Å². The minimum Gasteiger partial charge on any atom is -0.497 e. The fourth-order valence-corrected chi connectivity index (χ4v) is 3.91. The molecule has 0 fully saturated rings. The smallest absolute Gasteiger partial charge is 0.119 e. The first-order valence-electron chi connectivity index (χ1n) is 10.2. The highest BCUT2D eigenvalue weighted by Crippen LogP contribution is 2.36. The van der Waals surface area contributed by atoms with Gasteiger partial charge in [0.2, 0.25) is 0 Å². The van der Waals surface area contributed by atoms with E-state index in [1.165, 1.54) is 53.4 Å². The lowest BCUT2D eigenvalue weighted by atomic mass is 10.1. The first kappa shape index (κ1) is 20.3. The Kier molecular flexibility index (Phi) is 6.99. The van der Waals surface area contributed by atoms with Crippen LogP contribution in [0.15, 0.2) is 42.5 Å². The third kappa shape index (κ3) is 4.33. The molecule has 4 heteroatoms. The zero-order chi connectivity index (χ0) is 19.9. The number of nitrogens with one attached hydrogen (secondary N) is 1. The van der Waals surface area contributed by atoms with E-state index in [0.29, 0.717) is 0 Å². The Labute approximate surface area is 168 Å². The lowest BCUT2D eigenvalue weighted by Crippen LogP contribution is -2.07. The van der Waals surface area contributed by atoms with Crippen LogP contribution in [0.25, 0.3) is 22.2 Å². The lowest BCUT2D eigenvalue weighted by molar-refractivity contribution is 0.415. The summed E-state index contributed by atoms with van der Waals surface area (Å²) in [5.41, 5.74) is 5.10. The van der Waals surface area contributed by atoms with Crippen molar-refractivity contribution in [1.29, 1.82) is 0 Å². The average molecular weight is 381 g/mol. The van der Waals surface area contributed by atoms with Crippen LogP contribution in [-0.4, -0.2) is 32.4 Å². The Balaban J connectivity index is 1.95. The van der Waals surface area contributed by atoms with Gasteiger partial charge in [0.1, 0.15) is 11.5 Å². The van der Waals surface area contributed by atoms with E-state index in [4.69, 9.17) is 9.47 Å². The summed E-state index contributed by atoms with van der Waals surface area (Å²) in [7, 11) is 5.45. The summed E-state index contributed by atoms with van der Waals surface area (Å²) in [4.78, 5) is 0. The number of hydrogen-bond donors (Lipinski definition) is 1. The zero-order valence-electron chi connectivity index (χ0n) is 17.5. The van der Waals surface area contributed by atoms with Gasteiger partial charge in [-0.15, -0.1) is 0 Å². The third-order valence-corrected chi connectivity index (χ3v) is 5.45. The highest BCUT2D eigenvalue weighted by atomic mass is 16.5. The van der Waals surface area contributed by atoms with E-state index in [1.807, 2.05) is 19.2 Å². The molecule has 0 spiro atoms. The van der Waals surface area contributed by atoms with E-state index in [1.54, 1.807) is 14.2 Å². The second-order valence-corrected chi connectivity index (χ2v) is 7.25. The zero-order valence-corrected chi connectivity index (χ0v) is 17.5. The molecule has 28 heavy (non-hydrogen) atoms. The van der Waals surface area contributed by atoms with Crippen molar-refractivity contribution in [2.75, 3.05) is 27.8 Å². The number of unbranched alkanes of at least 4 members (excludes halogenated alkanes) is 3. The van der Waals surface area contributed by atoms with Gasteiger partial charge in [-0.25, -0.2) is 0 Å². The normalized spacial score (nSPS) is 11.1. The molecule has 0 saturated carbocycles. The standard InChI is InChI=1S/C24H32N2O2/c1-18-22-17-21(28-4)13-14-23(22)26(16-8-6-5-7-15-25-2)24(18)19-9-11-20(27-3)12-10-19/h9-14,17,25H,5-8,15-16H2,1-4H3. The number of hydrogen-bond acceptors (Lipinski definition) is 3. The number of aryl methyl sites for hydroxylation is 2. The first-order valence-corrected chi connectivity index (χ1v) is 10.2. The van der Waals surface area contributed by atoms with Crippen molar-refractivity contribution in [2.24, 2.45) is 0 Å². The van der Waals surface area contributed by atoms with Crippen LogP contribution >= 0.6 is 0 Å². The Hall–Kier alpha value is -2.46. The summed E-state index contributed by atoms with van der Waals surface area (Å²) in [6, 6.07) is 14.8. The summed E-state index contributed by atoms with van der Waals surface area (Å²) in [5.74, 6) is 1.79. The van der Waals surface area contributed by atoms with Gasteiger partial charge in [0.15, 0.2) is 0 Å². The topological polar surface area (TPSA) is 35.4 Å². The molecule has 3 rings (SSSR count). The monoisotopic (exact) mass is 380 g/mol.